The van der Waals surface area contributed by atoms with Gasteiger partial charge in [0, 0.05) is 18.8 Å². The number of nitrogens with zero attached hydrogens (tertiary/aromatic N) is 2. The van der Waals surface area contributed by atoms with Gasteiger partial charge >= 0.3 is 0 Å². The number of carbonyl (C=O) groups is 1. The van der Waals surface area contributed by atoms with E-state index in [4.69, 9.17) is 0 Å². The molecular formula is C21H20F2N4O. The maximum Gasteiger partial charge on any atom is 0.270 e. The van der Waals surface area contributed by atoms with E-state index in [0.29, 0.717) is 31.2 Å². The van der Waals surface area contributed by atoms with Crippen LogP contribution < -0.4 is 10.6 Å². The summed E-state index contributed by atoms with van der Waals surface area (Å²) in [5.74, 6) is -0.564. The van der Waals surface area contributed by atoms with Crippen molar-refractivity contribution >= 4 is 11.9 Å². The first kappa shape index (κ1) is 19.4. The molecule has 0 fully saturated rings. The number of nitrogens with one attached hydrogen (secondary N) is 2. The summed E-state index contributed by atoms with van der Waals surface area (Å²) in [6, 6.07) is 13.9. The van der Waals surface area contributed by atoms with E-state index in [2.05, 4.69) is 20.6 Å². The van der Waals surface area contributed by atoms with Crippen molar-refractivity contribution in [1.82, 2.24) is 15.3 Å². The lowest BCUT2D eigenvalue weighted by Crippen LogP contribution is -2.27. The smallest absolute Gasteiger partial charge is 0.270 e. The minimum atomic E-state index is -0.308. The molecule has 0 aliphatic heterocycles. The maximum absolute atomic E-state index is 13.0. The van der Waals surface area contributed by atoms with E-state index in [-0.39, 0.29) is 23.2 Å². The van der Waals surface area contributed by atoms with Crippen LogP contribution in [0, 0.1) is 18.6 Å². The zero-order chi connectivity index (χ0) is 19.9. The highest BCUT2D eigenvalue weighted by Crippen LogP contribution is 2.09. The van der Waals surface area contributed by atoms with Gasteiger partial charge in [-0.15, -0.1) is 0 Å². The van der Waals surface area contributed by atoms with Crippen molar-refractivity contribution in [3.8, 4) is 0 Å². The summed E-state index contributed by atoms with van der Waals surface area (Å²) < 4.78 is 25.9. The van der Waals surface area contributed by atoms with Gasteiger partial charge in [0.1, 0.15) is 17.3 Å². The number of anilines is 1. The van der Waals surface area contributed by atoms with Crippen molar-refractivity contribution in [3.63, 3.8) is 0 Å². The molecule has 0 spiro atoms. The second-order valence-electron chi connectivity index (χ2n) is 6.33. The summed E-state index contributed by atoms with van der Waals surface area (Å²) >= 11 is 0. The number of amides is 1. The lowest BCUT2D eigenvalue weighted by atomic mass is 10.1. The number of benzene rings is 2. The van der Waals surface area contributed by atoms with Gasteiger partial charge in [-0.1, -0.05) is 24.3 Å². The number of aryl methyl sites for hydroxylation is 1. The van der Waals surface area contributed by atoms with Crippen molar-refractivity contribution in [2.45, 2.75) is 19.9 Å². The van der Waals surface area contributed by atoms with Gasteiger partial charge in [-0.05, 0) is 54.8 Å². The number of rotatable bonds is 7. The average Bonchev–Trinajstić information content (AvgIpc) is 2.68. The molecule has 2 N–H and O–H groups in total. The van der Waals surface area contributed by atoms with E-state index < -0.39 is 0 Å². The molecule has 0 saturated heterocycles. The molecule has 0 aliphatic rings. The predicted octanol–water partition coefficient (Wildman–Crippen LogP) is 3.65. The third-order valence-corrected chi connectivity index (χ3v) is 4.06. The zero-order valence-corrected chi connectivity index (χ0v) is 15.4. The molecule has 3 aromatic rings. The monoisotopic (exact) mass is 382 g/mol. The lowest BCUT2D eigenvalue weighted by Gasteiger charge is -2.09. The highest BCUT2D eigenvalue weighted by molar-refractivity contribution is 5.92. The summed E-state index contributed by atoms with van der Waals surface area (Å²) in [4.78, 5) is 20.9. The van der Waals surface area contributed by atoms with Crippen LogP contribution in [0.1, 0.15) is 27.3 Å². The first-order valence-electron chi connectivity index (χ1n) is 8.86. The topological polar surface area (TPSA) is 66.9 Å². The summed E-state index contributed by atoms with van der Waals surface area (Å²) in [5.41, 5.74) is 2.72. The largest absolute Gasteiger partial charge is 0.350 e. The second-order valence-corrected chi connectivity index (χ2v) is 6.33. The van der Waals surface area contributed by atoms with Crippen LogP contribution in [0.3, 0.4) is 0 Å². The molecule has 0 saturated carbocycles. The molecule has 0 radical (unpaired) electrons. The normalized spacial score (nSPS) is 10.5. The van der Waals surface area contributed by atoms with Crippen molar-refractivity contribution in [2.24, 2.45) is 0 Å². The van der Waals surface area contributed by atoms with Crippen LogP contribution in [0.2, 0.25) is 0 Å². The van der Waals surface area contributed by atoms with Crippen LogP contribution in [0.25, 0.3) is 0 Å². The number of carbonyl (C=O) groups excluding carboxylic acids is 1. The summed E-state index contributed by atoms with van der Waals surface area (Å²) in [6.45, 7) is 2.60. The number of halogens is 2. The van der Waals surface area contributed by atoms with Crippen molar-refractivity contribution in [2.75, 3.05) is 11.9 Å². The predicted molar refractivity (Wildman–Crippen MR) is 103 cm³/mol. The molecule has 2 aromatic carbocycles. The SMILES string of the molecule is Cc1cc(C(=O)NCCc2ccc(F)cc2)nc(NCc2ccc(F)cc2)n1. The number of aromatic nitrogens is 2. The van der Waals surface area contributed by atoms with Gasteiger partial charge < -0.3 is 10.6 Å². The summed E-state index contributed by atoms with van der Waals surface area (Å²) in [6.07, 6.45) is 0.589. The minimum absolute atomic E-state index is 0.258. The fourth-order valence-corrected chi connectivity index (χ4v) is 2.61. The van der Waals surface area contributed by atoms with Gasteiger partial charge in [-0.25, -0.2) is 18.7 Å². The number of hydrogen-bond acceptors (Lipinski definition) is 4. The zero-order valence-electron chi connectivity index (χ0n) is 15.4. The second kappa shape index (κ2) is 9.03. The van der Waals surface area contributed by atoms with Crippen LogP contribution >= 0.6 is 0 Å². The Hall–Kier alpha value is -3.35. The van der Waals surface area contributed by atoms with E-state index >= 15 is 0 Å². The Labute approximate surface area is 161 Å². The fraction of sp³-hybridized carbons (Fsp3) is 0.190. The Balaban J connectivity index is 1.57. The van der Waals surface area contributed by atoms with Crippen LogP contribution in [0.5, 0.6) is 0 Å². The summed E-state index contributed by atoms with van der Waals surface area (Å²) in [7, 11) is 0. The molecule has 5 nitrogen and oxygen atoms in total. The van der Waals surface area contributed by atoms with Gasteiger partial charge in [0.05, 0.1) is 0 Å². The molecule has 144 valence electrons. The molecule has 0 aliphatic carbocycles. The molecular weight excluding hydrogens is 362 g/mol. The minimum Gasteiger partial charge on any atom is -0.350 e. The van der Waals surface area contributed by atoms with Crippen LogP contribution in [0.15, 0.2) is 54.6 Å². The third-order valence-electron chi connectivity index (χ3n) is 4.06. The Kier molecular flexibility index (Phi) is 6.26. The van der Waals surface area contributed by atoms with E-state index in [1.54, 1.807) is 37.3 Å². The van der Waals surface area contributed by atoms with E-state index in [1.807, 2.05) is 0 Å². The molecule has 1 amide bonds. The average molecular weight is 382 g/mol. The van der Waals surface area contributed by atoms with Gasteiger partial charge in [0.2, 0.25) is 5.95 Å². The standard InChI is InChI=1S/C21H20F2N4O/c1-14-12-19(20(28)24-11-10-15-2-6-17(22)7-3-15)27-21(26-14)25-13-16-4-8-18(23)9-5-16/h2-9,12H,10-11,13H2,1H3,(H,24,28)(H,25,26,27). The van der Waals surface area contributed by atoms with Crippen LogP contribution in [0.4, 0.5) is 14.7 Å². The molecule has 1 aromatic heterocycles. The molecule has 3 rings (SSSR count). The first-order valence-corrected chi connectivity index (χ1v) is 8.86. The fourth-order valence-electron chi connectivity index (χ4n) is 2.61. The molecule has 28 heavy (non-hydrogen) atoms. The number of hydrogen-bond donors (Lipinski definition) is 2. The van der Waals surface area contributed by atoms with Gasteiger partial charge in [0.25, 0.3) is 5.91 Å². The van der Waals surface area contributed by atoms with Crippen LogP contribution in [-0.2, 0) is 13.0 Å². The molecule has 0 unspecified atom stereocenters. The van der Waals surface area contributed by atoms with Crippen molar-refractivity contribution < 1.29 is 13.6 Å². The third kappa shape index (κ3) is 5.57. The molecule has 0 bridgehead atoms. The highest BCUT2D eigenvalue weighted by Gasteiger charge is 2.10. The maximum atomic E-state index is 13.0. The Bertz CT molecular complexity index is 944. The highest BCUT2D eigenvalue weighted by atomic mass is 19.1. The Morgan fingerprint density at radius 2 is 1.54 bits per heavy atom. The lowest BCUT2D eigenvalue weighted by molar-refractivity contribution is 0.0949. The van der Waals surface area contributed by atoms with Gasteiger partial charge in [-0.3, -0.25) is 4.79 Å². The Morgan fingerprint density at radius 1 is 0.929 bits per heavy atom. The molecule has 0 atom stereocenters. The van der Waals surface area contributed by atoms with E-state index in [9.17, 15) is 13.6 Å². The quantitative estimate of drug-likeness (QED) is 0.655. The van der Waals surface area contributed by atoms with Crippen molar-refractivity contribution in [3.05, 3.63) is 88.7 Å². The first-order chi connectivity index (χ1) is 13.5. The summed E-state index contributed by atoms with van der Waals surface area (Å²) in [5, 5.41) is 5.85. The Morgan fingerprint density at radius 3 is 2.18 bits per heavy atom. The van der Waals surface area contributed by atoms with Gasteiger partial charge in [0.15, 0.2) is 0 Å². The molecule has 1 heterocycles. The molecule has 7 heteroatoms. The van der Waals surface area contributed by atoms with Crippen molar-refractivity contribution in [1.29, 1.82) is 0 Å². The van der Waals surface area contributed by atoms with E-state index in [1.165, 1.54) is 24.3 Å². The van der Waals surface area contributed by atoms with E-state index in [0.717, 1.165) is 11.1 Å². The van der Waals surface area contributed by atoms with Gasteiger partial charge in [-0.2, -0.15) is 0 Å². The van der Waals surface area contributed by atoms with Crippen LogP contribution in [-0.4, -0.2) is 22.4 Å².